The Morgan fingerprint density at radius 2 is 1.00 bits per heavy atom. The van der Waals surface area contributed by atoms with Crippen LogP contribution in [0.4, 0.5) is 0 Å². The van der Waals surface area contributed by atoms with Gasteiger partial charge in [-0.3, -0.25) is 4.79 Å². The molecular weight excluding hydrogens is 520 g/mol. The minimum atomic E-state index is -0.713. The molecule has 0 aromatic heterocycles. The van der Waals surface area contributed by atoms with Crippen LogP contribution in [0.1, 0.15) is 0 Å². The average molecular weight is 556 g/mol. The molecule has 1 saturated heterocycles. The lowest BCUT2D eigenvalue weighted by molar-refractivity contribution is -0.135. The fraction of sp³-hybridized carbons (Fsp3) is 0.242. The Hall–Kier alpha value is -2.87. The maximum absolute atomic E-state index is 13.5. The molecule has 4 aromatic carbocycles. The third kappa shape index (κ3) is 6.83. The van der Waals surface area contributed by atoms with Gasteiger partial charge in [0.25, 0.3) is 0 Å². The zero-order chi connectivity index (χ0) is 26.9. The van der Waals surface area contributed by atoms with E-state index in [0.29, 0.717) is 24.5 Å². The number of likely N-dealkylation sites (tertiary alicyclic amines) is 1. The Morgan fingerprint density at radius 3 is 1.33 bits per heavy atom. The highest BCUT2D eigenvalue weighted by Gasteiger charge is 2.45. The molecule has 1 amide bonds. The van der Waals surface area contributed by atoms with E-state index in [0.717, 1.165) is 13.1 Å². The molecule has 1 fully saturated rings. The molecule has 2 atom stereocenters. The molecule has 0 unspecified atom stereocenters. The molecule has 0 aliphatic carbocycles. The minimum Gasteiger partial charge on any atom is -0.382 e. The summed E-state index contributed by atoms with van der Waals surface area (Å²) in [5.74, 6) is 0.0609. The highest BCUT2D eigenvalue weighted by Crippen LogP contribution is 2.54. The summed E-state index contributed by atoms with van der Waals surface area (Å²) in [4.78, 5) is 15.5. The Labute approximate surface area is 234 Å². The Bertz CT molecular complexity index is 1120. The molecule has 0 spiro atoms. The van der Waals surface area contributed by atoms with Crippen molar-refractivity contribution in [2.75, 3.05) is 40.0 Å². The monoisotopic (exact) mass is 555 g/mol. The number of nitrogens with zero attached hydrogens (tertiary/aromatic N) is 1. The molecule has 5 rings (SSSR count). The normalized spacial score (nSPS) is 17.2. The SMILES string of the molecule is COCCOCC(=O)N1C[C@@H](P(c2ccccc2)c2ccccc2)[C@H](P(c2ccccc2)c2ccccc2)C1. The lowest BCUT2D eigenvalue weighted by atomic mass is 10.3. The molecule has 200 valence electrons. The van der Waals surface area contributed by atoms with Gasteiger partial charge in [-0.05, 0) is 37.1 Å². The zero-order valence-corrected chi connectivity index (χ0v) is 24.1. The third-order valence-corrected chi connectivity index (χ3v) is 13.1. The molecule has 39 heavy (non-hydrogen) atoms. The van der Waals surface area contributed by atoms with Crippen LogP contribution < -0.4 is 21.2 Å². The molecule has 0 N–H and O–H groups in total. The maximum atomic E-state index is 13.5. The summed E-state index contributed by atoms with van der Waals surface area (Å²) >= 11 is 0. The van der Waals surface area contributed by atoms with E-state index in [4.69, 9.17) is 9.47 Å². The van der Waals surface area contributed by atoms with Crippen molar-refractivity contribution in [3.8, 4) is 0 Å². The van der Waals surface area contributed by atoms with E-state index in [1.54, 1.807) is 7.11 Å². The fourth-order valence-electron chi connectivity index (χ4n) is 5.29. The van der Waals surface area contributed by atoms with E-state index in [9.17, 15) is 4.79 Å². The van der Waals surface area contributed by atoms with Crippen LogP contribution in [0, 0.1) is 0 Å². The summed E-state index contributed by atoms with van der Waals surface area (Å²) in [5.41, 5.74) is 0.610. The number of methoxy groups -OCH3 is 1. The second-order valence-corrected chi connectivity index (χ2v) is 14.4. The standard InChI is InChI=1S/C33H35NO3P2/c1-36-22-23-37-26-33(35)34-24-31(38(27-14-6-2-7-15-27)28-16-8-3-9-17-28)32(25-34)39(29-18-10-4-11-19-29)30-20-12-5-13-21-30/h2-21,31-32H,22-26H2,1H3/t31-,32-/m1/s1. The highest BCUT2D eigenvalue weighted by molar-refractivity contribution is 7.77. The summed E-state index contributed by atoms with van der Waals surface area (Å²) in [7, 11) is 0.219. The quantitative estimate of drug-likeness (QED) is 0.202. The third-order valence-electron chi connectivity index (χ3n) is 7.07. The van der Waals surface area contributed by atoms with Gasteiger partial charge in [-0.15, -0.1) is 0 Å². The van der Waals surface area contributed by atoms with Gasteiger partial charge in [0, 0.05) is 31.5 Å². The molecule has 0 saturated carbocycles. The van der Waals surface area contributed by atoms with Crippen LogP contribution in [-0.4, -0.2) is 62.1 Å². The number of carbonyl (C=O) groups excluding carboxylic acids is 1. The molecule has 1 heterocycles. The van der Waals surface area contributed by atoms with Crippen molar-refractivity contribution < 1.29 is 14.3 Å². The molecule has 4 nitrogen and oxygen atoms in total. The largest absolute Gasteiger partial charge is 0.382 e. The van der Waals surface area contributed by atoms with E-state index < -0.39 is 15.8 Å². The summed E-state index contributed by atoms with van der Waals surface area (Å²) in [6.07, 6.45) is 0. The second kappa shape index (κ2) is 14.0. The number of amides is 1. The van der Waals surface area contributed by atoms with E-state index in [1.165, 1.54) is 21.2 Å². The van der Waals surface area contributed by atoms with Crippen molar-refractivity contribution in [1.29, 1.82) is 0 Å². The van der Waals surface area contributed by atoms with Gasteiger partial charge in [0.2, 0.25) is 5.91 Å². The number of benzene rings is 4. The van der Waals surface area contributed by atoms with Crippen molar-refractivity contribution in [3.63, 3.8) is 0 Å². The summed E-state index contributed by atoms with van der Waals surface area (Å²) in [5, 5.41) is 5.43. The van der Waals surface area contributed by atoms with E-state index in [2.05, 4.69) is 126 Å². The number of carbonyl (C=O) groups is 1. The lowest BCUT2D eigenvalue weighted by Crippen LogP contribution is -2.34. The maximum Gasteiger partial charge on any atom is 0.248 e. The Kier molecular flexibility index (Phi) is 9.92. The van der Waals surface area contributed by atoms with Crippen LogP contribution in [0.5, 0.6) is 0 Å². The molecule has 4 aromatic rings. The summed E-state index contributed by atoms with van der Waals surface area (Å²) < 4.78 is 10.8. The van der Waals surface area contributed by atoms with Gasteiger partial charge in [-0.25, -0.2) is 0 Å². The summed E-state index contributed by atoms with van der Waals surface area (Å²) in [6, 6.07) is 43.6. The van der Waals surface area contributed by atoms with Crippen LogP contribution in [0.25, 0.3) is 0 Å². The molecule has 6 heteroatoms. The smallest absolute Gasteiger partial charge is 0.248 e. The van der Waals surface area contributed by atoms with Crippen molar-refractivity contribution in [2.24, 2.45) is 0 Å². The zero-order valence-electron chi connectivity index (χ0n) is 22.3. The van der Waals surface area contributed by atoms with Gasteiger partial charge in [-0.1, -0.05) is 121 Å². The van der Waals surface area contributed by atoms with E-state index >= 15 is 0 Å². The first-order chi connectivity index (χ1) is 19.3. The van der Waals surface area contributed by atoms with Crippen LogP contribution in [-0.2, 0) is 14.3 Å². The molecule has 1 aliphatic heterocycles. The van der Waals surface area contributed by atoms with E-state index in [1.807, 2.05) is 0 Å². The van der Waals surface area contributed by atoms with Gasteiger partial charge < -0.3 is 14.4 Å². The van der Waals surface area contributed by atoms with Gasteiger partial charge in [0.05, 0.1) is 13.2 Å². The molecule has 1 aliphatic rings. The predicted octanol–water partition coefficient (Wildman–Crippen LogP) is 4.49. The second-order valence-electron chi connectivity index (χ2n) is 9.56. The first-order valence-corrected chi connectivity index (χ1v) is 16.2. The number of hydrogen-bond acceptors (Lipinski definition) is 3. The average Bonchev–Trinajstić information content (AvgIpc) is 3.42. The number of rotatable bonds is 11. The van der Waals surface area contributed by atoms with Gasteiger partial charge in [0.15, 0.2) is 0 Å². The predicted molar refractivity (Wildman–Crippen MR) is 165 cm³/mol. The van der Waals surface area contributed by atoms with Gasteiger partial charge in [-0.2, -0.15) is 0 Å². The molecule has 0 radical (unpaired) electrons. The van der Waals surface area contributed by atoms with E-state index in [-0.39, 0.29) is 12.5 Å². The highest BCUT2D eigenvalue weighted by atomic mass is 31.1. The van der Waals surface area contributed by atoms with Crippen LogP contribution in [0.15, 0.2) is 121 Å². The summed E-state index contributed by atoms with van der Waals surface area (Å²) in [6.45, 7) is 2.45. The Morgan fingerprint density at radius 1 is 0.641 bits per heavy atom. The topological polar surface area (TPSA) is 38.8 Å². The number of hydrogen-bond donors (Lipinski definition) is 0. The molecular formula is C33H35NO3P2. The fourth-order valence-corrected chi connectivity index (χ4v) is 11.8. The first kappa shape index (κ1) is 27.7. The first-order valence-electron chi connectivity index (χ1n) is 13.4. The minimum absolute atomic E-state index is 0.0609. The van der Waals surface area contributed by atoms with Crippen LogP contribution in [0.3, 0.4) is 0 Å². The van der Waals surface area contributed by atoms with Gasteiger partial charge in [0.1, 0.15) is 6.61 Å². The van der Waals surface area contributed by atoms with Gasteiger partial charge >= 0.3 is 0 Å². The van der Waals surface area contributed by atoms with Crippen LogP contribution >= 0.6 is 15.8 Å². The van der Waals surface area contributed by atoms with Crippen LogP contribution in [0.2, 0.25) is 0 Å². The lowest BCUT2D eigenvalue weighted by Gasteiger charge is -2.34. The van der Waals surface area contributed by atoms with Crippen molar-refractivity contribution >= 4 is 43.0 Å². The number of ether oxygens (including phenoxy) is 2. The Balaban J connectivity index is 1.57. The van der Waals surface area contributed by atoms with Crippen molar-refractivity contribution in [1.82, 2.24) is 4.90 Å². The van der Waals surface area contributed by atoms with Crippen molar-refractivity contribution in [2.45, 2.75) is 11.3 Å². The van der Waals surface area contributed by atoms with Crippen molar-refractivity contribution in [3.05, 3.63) is 121 Å². The molecule has 0 bridgehead atoms.